The summed E-state index contributed by atoms with van der Waals surface area (Å²) in [7, 11) is -1.37. The lowest BCUT2D eigenvalue weighted by molar-refractivity contribution is -0.128. The first-order valence-electron chi connectivity index (χ1n) is 7.42. The van der Waals surface area contributed by atoms with Gasteiger partial charge in [0.15, 0.2) is 9.84 Å². The summed E-state index contributed by atoms with van der Waals surface area (Å²) in [5.74, 6) is 0.566. The van der Waals surface area contributed by atoms with Crippen LogP contribution in [0.5, 0.6) is 0 Å². The highest BCUT2D eigenvalue weighted by molar-refractivity contribution is 7.99. The molecular weight excluding hydrogens is 350 g/mol. The zero-order chi connectivity index (χ0) is 17.2. The van der Waals surface area contributed by atoms with Gasteiger partial charge in [0.05, 0.1) is 17.3 Å². The van der Waals surface area contributed by atoms with Gasteiger partial charge in [0.1, 0.15) is 0 Å². The number of aromatic nitrogens is 2. The molecule has 128 valence electrons. The van der Waals surface area contributed by atoms with Crippen molar-refractivity contribution in [1.82, 2.24) is 15.1 Å². The van der Waals surface area contributed by atoms with Crippen LogP contribution < -0.4 is 0 Å². The Kier molecular flexibility index (Phi) is 4.91. The Bertz CT molecular complexity index is 820. The van der Waals surface area contributed by atoms with Crippen molar-refractivity contribution in [3.63, 3.8) is 0 Å². The molecule has 3 rings (SSSR count). The van der Waals surface area contributed by atoms with Crippen LogP contribution in [0.4, 0.5) is 0 Å². The third-order valence-corrected chi connectivity index (χ3v) is 6.45. The Labute approximate surface area is 144 Å². The number of benzene rings is 1. The number of thioether (sulfide) groups is 1. The Morgan fingerprint density at radius 2 is 2.08 bits per heavy atom. The maximum absolute atomic E-state index is 12.2. The van der Waals surface area contributed by atoms with Crippen LogP contribution in [0, 0.1) is 0 Å². The second kappa shape index (κ2) is 6.94. The fourth-order valence-corrected chi connectivity index (χ4v) is 4.94. The van der Waals surface area contributed by atoms with Crippen LogP contribution in [0.15, 0.2) is 40.0 Å². The molecule has 0 saturated carbocycles. The van der Waals surface area contributed by atoms with E-state index in [1.165, 1.54) is 4.90 Å². The van der Waals surface area contributed by atoms with E-state index in [1.54, 1.807) is 7.05 Å². The monoisotopic (exact) mass is 367 g/mol. The van der Waals surface area contributed by atoms with Crippen LogP contribution in [0.2, 0.25) is 0 Å². The Morgan fingerprint density at radius 1 is 1.33 bits per heavy atom. The van der Waals surface area contributed by atoms with Crippen LogP contribution in [0.25, 0.3) is 11.5 Å². The van der Waals surface area contributed by atoms with Crippen molar-refractivity contribution in [3.8, 4) is 11.5 Å². The molecule has 1 aliphatic heterocycles. The topological polar surface area (TPSA) is 93.4 Å². The SMILES string of the molecule is CN(C(=O)CSc1nnc(-c2ccccc2)o1)[C@H]1CCS(=O)(=O)C1. The van der Waals surface area contributed by atoms with Gasteiger partial charge in [-0.15, -0.1) is 10.2 Å². The van der Waals surface area contributed by atoms with E-state index < -0.39 is 9.84 Å². The zero-order valence-electron chi connectivity index (χ0n) is 13.1. The zero-order valence-corrected chi connectivity index (χ0v) is 14.7. The number of carbonyl (C=O) groups is 1. The molecule has 0 aliphatic carbocycles. The predicted molar refractivity (Wildman–Crippen MR) is 90.3 cm³/mol. The molecular formula is C15H17N3O4S2. The lowest BCUT2D eigenvalue weighted by atomic mass is 10.2. The average Bonchev–Trinajstić information content (AvgIpc) is 3.19. The van der Waals surface area contributed by atoms with Crippen LogP contribution in [-0.2, 0) is 14.6 Å². The molecule has 0 bridgehead atoms. The van der Waals surface area contributed by atoms with Crippen molar-refractivity contribution in [2.45, 2.75) is 17.7 Å². The Hall–Kier alpha value is -1.87. The molecule has 24 heavy (non-hydrogen) atoms. The maximum Gasteiger partial charge on any atom is 0.277 e. The summed E-state index contributed by atoms with van der Waals surface area (Å²) in [5.41, 5.74) is 0.816. The van der Waals surface area contributed by atoms with Crippen molar-refractivity contribution in [1.29, 1.82) is 0 Å². The highest BCUT2D eigenvalue weighted by Crippen LogP contribution is 2.24. The van der Waals surface area contributed by atoms with Gasteiger partial charge in [0.25, 0.3) is 5.22 Å². The summed E-state index contributed by atoms with van der Waals surface area (Å²) in [6.07, 6.45) is 0.494. The van der Waals surface area contributed by atoms with E-state index >= 15 is 0 Å². The number of hydrogen-bond donors (Lipinski definition) is 0. The average molecular weight is 367 g/mol. The molecule has 1 amide bonds. The van der Waals surface area contributed by atoms with E-state index in [9.17, 15) is 13.2 Å². The van der Waals surface area contributed by atoms with E-state index in [0.717, 1.165) is 17.3 Å². The molecule has 0 unspecified atom stereocenters. The van der Waals surface area contributed by atoms with Gasteiger partial charge in [-0.3, -0.25) is 4.79 Å². The predicted octanol–water partition coefficient (Wildman–Crippen LogP) is 1.47. The summed E-state index contributed by atoms with van der Waals surface area (Å²) in [5, 5.41) is 8.20. The van der Waals surface area contributed by atoms with Crippen LogP contribution >= 0.6 is 11.8 Å². The van der Waals surface area contributed by atoms with Gasteiger partial charge in [-0.05, 0) is 18.6 Å². The minimum absolute atomic E-state index is 0.0403. The highest BCUT2D eigenvalue weighted by Gasteiger charge is 2.32. The minimum Gasteiger partial charge on any atom is -0.411 e. The molecule has 0 radical (unpaired) electrons. The van der Waals surface area contributed by atoms with Gasteiger partial charge < -0.3 is 9.32 Å². The molecule has 1 aromatic carbocycles. The Morgan fingerprint density at radius 3 is 2.75 bits per heavy atom. The third kappa shape index (κ3) is 3.96. The van der Waals surface area contributed by atoms with Crippen molar-refractivity contribution < 1.29 is 17.6 Å². The van der Waals surface area contributed by atoms with Gasteiger partial charge in [0, 0.05) is 18.7 Å². The quantitative estimate of drug-likeness (QED) is 0.739. The second-order valence-electron chi connectivity index (χ2n) is 5.59. The normalized spacial score (nSPS) is 19.3. The standard InChI is InChI=1S/C15H17N3O4S2/c1-18(12-7-8-24(20,21)10-12)13(19)9-23-15-17-16-14(22-15)11-5-3-2-4-6-11/h2-6,12H,7-10H2,1H3/t12-/m0/s1. The first-order valence-corrected chi connectivity index (χ1v) is 10.2. The van der Waals surface area contributed by atoms with Gasteiger partial charge in [-0.2, -0.15) is 0 Å². The van der Waals surface area contributed by atoms with Gasteiger partial charge >= 0.3 is 0 Å². The van der Waals surface area contributed by atoms with Crippen molar-refractivity contribution in [2.24, 2.45) is 0 Å². The van der Waals surface area contributed by atoms with Crippen molar-refractivity contribution >= 4 is 27.5 Å². The third-order valence-electron chi connectivity index (χ3n) is 3.90. The number of rotatable bonds is 5. The van der Waals surface area contributed by atoms with Crippen LogP contribution in [0.3, 0.4) is 0 Å². The molecule has 2 heterocycles. The molecule has 1 saturated heterocycles. The first-order chi connectivity index (χ1) is 11.4. The van der Waals surface area contributed by atoms with E-state index in [-0.39, 0.29) is 29.2 Å². The van der Waals surface area contributed by atoms with Crippen molar-refractivity contribution in [2.75, 3.05) is 24.3 Å². The lowest BCUT2D eigenvalue weighted by Gasteiger charge is -2.22. The molecule has 1 aromatic heterocycles. The fraction of sp³-hybridized carbons (Fsp3) is 0.400. The van der Waals surface area contributed by atoms with E-state index in [4.69, 9.17) is 4.42 Å². The summed E-state index contributed by atoms with van der Waals surface area (Å²) < 4.78 is 28.5. The van der Waals surface area contributed by atoms with Gasteiger partial charge in [0.2, 0.25) is 11.8 Å². The summed E-state index contributed by atoms with van der Waals surface area (Å²) in [6.45, 7) is 0. The minimum atomic E-state index is -3.01. The Balaban J connectivity index is 1.56. The molecule has 1 atom stereocenters. The second-order valence-corrected chi connectivity index (χ2v) is 8.74. The van der Waals surface area contributed by atoms with Gasteiger partial charge in [-0.1, -0.05) is 30.0 Å². The maximum atomic E-state index is 12.2. The summed E-state index contributed by atoms with van der Waals surface area (Å²) in [6, 6.07) is 9.13. The molecule has 7 nitrogen and oxygen atoms in total. The summed E-state index contributed by atoms with van der Waals surface area (Å²) >= 11 is 1.15. The van der Waals surface area contributed by atoms with Crippen LogP contribution in [0.1, 0.15) is 6.42 Å². The molecule has 1 fully saturated rings. The molecule has 0 spiro atoms. The number of sulfone groups is 1. The fourth-order valence-electron chi connectivity index (χ4n) is 2.48. The molecule has 0 N–H and O–H groups in total. The smallest absolute Gasteiger partial charge is 0.277 e. The number of nitrogens with zero attached hydrogens (tertiary/aromatic N) is 3. The number of amides is 1. The van der Waals surface area contributed by atoms with E-state index in [0.29, 0.717) is 17.5 Å². The molecule has 2 aromatic rings. The first kappa shape index (κ1) is 17.0. The molecule has 9 heteroatoms. The van der Waals surface area contributed by atoms with E-state index in [2.05, 4.69) is 10.2 Å². The summed E-state index contributed by atoms with van der Waals surface area (Å²) in [4.78, 5) is 13.7. The highest BCUT2D eigenvalue weighted by atomic mass is 32.2. The van der Waals surface area contributed by atoms with E-state index in [1.807, 2.05) is 30.3 Å². The number of carbonyl (C=O) groups excluding carboxylic acids is 1. The lowest BCUT2D eigenvalue weighted by Crippen LogP contribution is -2.38. The molecule has 1 aliphatic rings. The largest absolute Gasteiger partial charge is 0.411 e. The van der Waals surface area contributed by atoms with Crippen LogP contribution in [-0.4, -0.2) is 59.8 Å². The van der Waals surface area contributed by atoms with Crippen molar-refractivity contribution in [3.05, 3.63) is 30.3 Å². The number of hydrogen-bond acceptors (Lipinski definition) is 7. The van der Waals surface area contributed by atoms with Gasteiger partial charge in [-0.25, -0.2) is 8.42 Å².